The SMILES string of the molecule is COC(=O)[C@H]1Cc2c([nH]c3ccccc23)[C@H](c2ccc(OC)cc2OC)[NH2+]1. The van der Waals surface area contributed by atoms with Gasteiger partial charge in [-0.2, -0.15) is 0 Å². The van der Waals surface area contributed by atoms with E-state index in [1.165, 1.54) is 7.11 Å². The highest BCUT2D eigenvalue weighted by atomic mass is 16.5. The molecule has 6 nitrogen and oxygen atoms in total. The zero-order chi connectivity index (χ0) is 19.0. The van der Waals surface area contributed by atoms with Gasteiger partial charge in [-0.15, -0.1) is 0 Å². The number of aromatic amines is 1. The number of carbonyl (C=O) groups is 1. The summed E-state index contributed by atoms with van der Waals surface area (Å²) in [6.45, 7) is 0. The van der Waals surface area contributed by atoms with Crippen molar-refractivity contribution in [2.75, 3.05) is 21.3 Å². The van der Waals surface area contributed by atoms with E-state index in [9.17, 15) is 4.79 Å². The Balaban J connectivity index is 1.88. The molecule has 1 aliphatic heterocycles. The highest BCUT2D eigenvalue weighted by Gasteiger charge is 2.39. The normalized spacial score (nSPS) is 18.8. The average molecular weight is 367 g/mol. The molecule has 3 aromatic rings. The number of esters is 1. The molecule has 2 atom stereocenters. The molecule has 3 N–H and O–H groups in total. The van der Waals surface area contributed by atoms with Gasteiger partial charge in [0.05, 0.1) is 32.6 Å². The summed E-state index contributed by atoms with van der Waals surface area (Å²) in [5, 5.41) is 3.19. The summed E-state index contributed by atoms with van der Waals surface area (Å²) < 4.78 is 16.0. The van der Waals surface area contributed by atoms with Crippen molar-refractivity contribution >= 4 is 16.9 Å². The molecular weight excluding hydrogens is 344 g/mol. The third-order valence-corrected chi connectivity index (χ3v) is 5.29. The maximum absolute atomic E-state index is 12.4. The van der Waals surface area contributed by atoms with Crippen LogP contribution >= 0.6 is 0 Å². The molecular formula is C21H23N2O4+. The fourth-order valence-corrected chi connectivity index (χ4v) is 3.97. The predicted octanol–water partition coefficient (Wildman–Crippen LogP) is 1.94. The number of methoxy groups -OCH3 is 3. The monoisotopic (exact) mass is 367 g/mol. The lowest BCUT2D eigenvalue weighted by molar-refractivity contribution is -0.712. The van der Waals surface area contributed by atoms with Gasteiger partial charge in [0.2, 0.25) is 0 Å². The van der Waals surface area contributed by atoms with Crippen LogP contribution in [0.2, 0.25) is 0 Å². The van der Waals surface area contributed by atoms with Crippen molar-refractivity contribution in [3.05, 3.63) is 59.3 Å². The fraction of sp³-hybridized carbons (Fsp3) is 0.286. The number of quaternary nitrogens is 1. The fourth-order valence-electron chi connectivity index (χ4n) is 3.97. The van der Waals surface area contributed by atoms with Crippen LogP contribution in [0, 0.1) is 0 Å². The van der Waals surface area contributed by atoms with E-state index < -0.39 is 0 Å². The predicted molar refractivity (Wildman–Crippen MR) is 101 cm³/mol. The lowest BCUT2D eigenvalue weighted by Gasteiger charge is -2.27. The number of fused-ring (bicyclic) bond motifs is 3. The van der Waals surface area contributed by atoms with Gasteiger partial charge in [-0.3, -0.25) is 0 Å². The average Bonchev–Trinajstić information content (AvgIpc) is 3.10. The molecule has 0 bridgehead atoms. The second-order valence-electron chi connectivity index (χ2n) is 6.67. The Morgan fingerprint density at radius 2 is 1.93 bits per heavy atom. The van der Waals surface area contributed by atoms with E-state index in [0.29, 0.717) is 6.42 Å². The minimum absolute atomic E-state index is 0.105. The smallest absolute Gasteiger partial charge is 0.364 e. The van der Waals surface area contributed by atoms with Gasteiger partial charge in [0.15, 0.2) is 12.1 Å². The van der Waals surface area contributed by atoms with Crippen molar-refractivity contribution in [2.24, 2.45) is 0 Å². The van der Waals surface area contributed by atoms with Gasteiger partial charge in [-0.25, -0.2) is 4.79 Å². The van der Waals surface area contributed by atoms with Crippen LogP contribution in [0.15, 0.2) is 42.5 Å². The molecule has 2 heterocycles. The topological polar surface area (TPSA) is 77.2 Å². The molecule has 140 valence electrons. The van der Waals surface area contributed by atoms with Gasteiger partial charge >= 0.3 is 5.97 Å². The molecule has 27 heavy (non-hydrogen) atoms. The lowest BCUT2D eigenvalue weighted by atomic mass is 9.90. The Labute approximate surface area is 157 Å². The van der Waals surface area contributed by atoms with E-state index in [1.807, 2.05) is 35.6 Å². The number of hydrogen-bond acceptors (Lipinski definition) is 4. The number of carbonyl (C=O) groups excluding carboxylic acids is 1. The summed E-state index contributed by atoms with van der Waals surface area (Å²) >= 11 is 0. The largest absolute Gasteiger partial charge is 0.497 e. The Morgan fingerprint density at radius 1 is 1.11 bits per heavy atom. The molecule has 1 aliphatic rings. The molecule has 0 aliphatic carbocycles. The van der Waals surface area contributed by atoms with E-state index in [-0.39, 0.29) is 18.1 Å². The van der Waals surface area contributed by atoms with Crippen LogP contribution < -0.4 is 14.8 Å². The zero-order valence-corrected chi connectivity index (χ0v) is 15.6. The minimum atomic E-state index is -0.307. The van der Waals surface area contributed by atoms with Crippen LogP contribution in [0.4, 0.5) is 0 Å². The van der Waals surface area contributed by atoms with Crippen LogP contribution in [0.3, 0.4) is 0 Å². The van der Waals surface area contributed by atoms with E-state index in [2.05, 4.69) is 17.1 Å². The van der Waals surface area contributed by atoms with Gasteiger partial charge in [-0.05, 0) is 23.8 Å². The Hall–Kier alpha value is -2.99. The van der Waals surface area contributed by atoms with E-state index in [4.69, 9.17) is 14.2 Å². The number of para-hydroxylation sites is 1. The molecule has 0 spiro atoms. The quantitative estimate of drug-likeness (QED) is 0.691. The van der Waals surface area contributed by atoms with E-state index in [1.54, 1.807) is 14.2 Å². The summed E-state index contributed by atoms with van der Waals surface area (Å²) in [5.41, 5.74) is 4.31. The number of ether oxygens (including phenoxy) is 3. The molecule has 6 heteroatoms. The summed E-state index contributed by atoms with van der Waals surface area (Å²) in [6, 6.07) is 13.5. The highest BCUT2D eigenvalue weighted by molar-refractivity contribution is 5.86. The van der Waals surface area contributed by atoms with Crippen LogP contribution in [-0.4, -0.2) is 38.3 Å². The number of hydrogen-bond donors (Lipinski definition) is 2. The number of benzene rings is 2. The summed E-state index contributed by atoms with van der Waals surface area (Å²) in [4.78, 5) is 15.9. The second-order valence-corrected chi connectivity index (χ2v) is 6.67. The zero-order valence-electron chi connectivity index (χ0n) is 15.6. The maximum Gasteiger partial charge on any atom is 0.364 e. The van der Waals surface area contributed by atoms with Crippen LogP contribution in [0.1, 0.15) is 22.9 Å². The second kappa shape index (κ2) is 6.96. The molecule has 4 rings (SSSR count). The Kier molecular flexibility index (Phi) is 4.49. The number of aromatic nitrogens is 1. The number of nitrogens with two attached hydrogens (primary N) is 1. The maximum atomic E-state index is 12.4. The highest BCUT2D eigenvalue weighted by Crippen LogP contribution is 2.36. The lowest BCUT2D eigenvalue weighted by Crippen LogP contribution is -2.94. The Morgan fingerprint density at radius 3 is 2.67 bits per heavy atom. The van der Waals surface area contributed by atoms with E-state index in [0.717, 1.165) is 39.2 Å². The molecule has 0 saturated carbocycles. The molecule has 0 unspecified atom stereocenters. The van der Waals surface area contributed by atoms with Gasteiger partial charge < -0.3 is 24.5 Å². The van der Waals surface area contributed by atoms with Crippen molar-refractivity contribution in [2.45, 2.75) is 18.5 Å². The van der Waals surface area contributed by atoms with Gasteiger partial charge in [0.1, 0.15) is 11.5 Å². The van der Waals surface area contributed by atoms with Crippen LogP contribution in [0.5, 0.6) is 11.5 Å². The van der Waals surface area contributed by atoms with Crippen molar-refractivity contribution in [1.29, 1.82) is 0 Å². The summed E-state index contributed by atoms with van der Waals surface area (Å²) in [7, 11) is 4.71. The molecule has 0 fully saturated rings. The molecule has 0 amide bonds. The molecule has 0 saturated heterocycles. The minimum Gasteiger partial charge on any atom is -0.497 e. The summed E-state index contributed by atoms with van der Waals surface area (Å²) in [6.07, 6.45) is 0.626. The number of rotatable bonds is 4. The first kappa shape index (κ1) is 17.4. The summed E-state index contributed by atoms with van der Waals surface area (Å²) in [5.74, 6) is 1.24. The van der Waals surface area contributed by atoms with Gasteiger partial charge in [0, 0.05) is 23.4 Å². The first-order valence-corrected chi connectivity index (χ1v) is 8.90. The first-order chi connectivity index (χ1) is 13.2. The van der Waals surface area contributed by atoms with E-state index >= 15 is 0 Å². The standard InChI is InChI=1S/C21H22N2O4/c1-25-12-8-9-14(18(10-12)26-2)19-20-15(11-17(23-19)21(24)27-3)13-6-4-5-7-16(13)22-20/h4-10,17,19,22-23H,11H2,1-3H3/p+1/t17-,19+/m1/s1. The van der Waals surface area contributed by atoms with Crippen molar-refractivity contribution in [3.63, 3.8) is 0 Å². The van der Waals surface area contributed by atoms with Crippen molar-refractivity contribution in [1.82, 2.24) is 4.98 Å². The van der Waals surface area contributed by atoms with Crippen molar-refractivity contribution in [3.8, 4) is 11.5 Å². The number of nitrogens with one attached hydrogen (secondary N) is 1. The Bertz CT molecular complexity index is 995. The van der Waals surface area contributed by atoms with Gasteiger partial charge in [0.25, 0.3) is 0 Å². The third-order valence-electron chi connectivity index (χ3n) is 5.29. The van der Waals surface area contributed by atoms with Crippen molar-refractivity contribution < 1.29 is 24.3 Å². The van der Waals surface area contributed by atoms with Crippen LogP contribution in [0.25, 0.3) is 10.9 Å². The third kappa shape index (κ3) is 2.92. The molecule has 0 radical (unpaired) electrons. The van der Waals surface area contributed by atoms with Crippen LogP contribution in [-0.2, 0) is 16.0 Å². The molecule has 2 aromatic carbocycles. The van der Waals surface area contributed by atoms with Gasteiger partial charge in [-0.1, -0.05) is 18.2 Å². The first-order valence-electron chi connectivity index (χ1n) is 8.90. The number of H-pyrrole nitrogens is 1. The molecule has 1 aromatic heterocycles.